The lowest BCUT2D eigenvalue weighted by atomic mass is 10.0. The normalized spacial score (nSPS) is 22.6. The Balaban J connectivity index is 1.93. The Labute approximate surface area is 142 Å². The molecule has 1 N–H and O–H groups in total. The molecule has 0 radical (unpaired) electrons. The molecule has 0 aliphatic carbocycles. The van der Waals surface area contributed by atoms with Crippen molar-refractivity contribution in [2.24, 2.45) is 0 Å². The number of aryl methyl sites for hydroxylation is 1. The van der Waals surface area contributed by atoms with Gasteiger partial charge < -0.3 is 5.32 Å². The van der Waals surface area contributed by atoms with Crippen molar-refractivity contribution in [1.29, 1.82) is 0 Å². The van der Waals surface area contributed by atoms with Crippen LogP contribution in [0.1, 0.15) is 11.1 Å². The average molecular weight is 345 g/mol. The number of halogens is 1. The molecule has 4 nitrogen and oxygen atoms in total. The lowest BCUT2D eigenvalue weighted by Crippen LogP contribution is -2.47. The Hall–Kier alpha value is -1.98. The predicted octanol–water partition coefficient (Wildman–Crippen LogP) is 3.53. The van der Waals surface area contributed by atoms with Crippen LogP contribution in [0.15, 0.2) is 42.5 Å². The topological polar surface area (TPSA) is 49.4 Å². The van der Waals surface area contributed by atoms with Crippen LogP contribution in [0, 0.1) is 6.92 Å². The molecule has 2 aliphatic rings. The van der Waals surface area contributed by atoms with Crippen LogP contribution in [0.5, 0.6) is 0 Å². The average Bonchev–Trinajstić information content (AvgIpc) is 3.01. The van der Waals surface area contributed by atoms with Crippen LogP contribution in [-0.2, 0) is 14.5 Å². The molecule has 0 saturated carbocycles. The third-order valence-corrected chi connectivity index (χ3v) is 5.80. The summed E-state index contributed by atoms with van der Waals surface area (Å²) in [5.41, 5.74) is 3.33. The highest BCUT2D eigenvalue weighted by Crippen LogP contribution is 2.53. The summed E-state index contributed by atoms with van der Waals surface area (Å²) in [5.74, 6) is 0.00871. The number of hydrogen-bond acceptors (Lipinski definition) is 3. The van der Waals surface area contributed by atoms with Crippen molar-refractivity contribution < 1.29 is 9.59 Å². The summed E-state index contributed by atoms with van der Waals surface area (Å²) in [4.78, 5) is 25.9. The van der Waals surface area contributed by atoms with Crippen LogP contribution in [-0.4, -0.2) is 17.6 Å². The number of amides is 2. The van der Waals surface area contributed by atoms with Gasteiger partial charge in [0.1, 0.15) is 0 Å². The van der Waals surface area contributed by atoms with Crippen LogP contribution in [0.2, 0.25) is 5.02 Å². The number of nitrogens with zero attached hydrogens (tertiary/aromatic N) is 1. The molecule has 2 amide bonds. The van der Waals surface area contributed by atoms with Crippen molar-refractivity contribution in [2.45, 2.75) is 11.8 Å². The molecule has 2 aliphatic heterocycles. The van der Waals surface area contributed by atoms with E-state index in [0.717, 1.165) is 16.8 Å². The van der Waals surface area contributed by atoms with Crippen LogP contribution in [0.3, 0.4) is 0 Å². The number of fused-ring (bicyclic) bond motifs is 2. The molecule has 1 spiro atoms. The SMILES string of the molecule is Cc1ccc2c(c1)[C@]1(SCC(=O)N1c1ccc(Cl)cc1)C(=O)N2. The molecule has 6 heteroatoms. The summed E-state index contributed by atoms with van der Waals surface area (Å²) in [5, 5.41) is 3.50. The fourth-order valence-electron chi connectivity index (χ4n) is 3.13. The lowest BCUT2D eigenvalue weighted by Gasteiger charge is -2.32. The molecule has 23 heavy (non-hydrogen) atoms. The van der Waals surface area contributed by atoms with E-state index in [0.29, 0.717) is 10.7 Å². The molecule has 1 atom stereocenters. The Morgan fingerprint density at radius 1 is 1.17 bits per heavy atom. The number of carbonyl (C=O) groups excluding carboxylic acids is 2. The van der Waals surface area contributed by atoms with E-state index in [-0.39, 0.29) is 17.6 Å². The molecule has 0 aromatic heterocycles. The summed E-state index contributed by atoms with van der Waals surface area (Å²) >= 11 is 7.31. The monoisotopic (exact) mass is 344 g/mol. The first-order valence-electron chi connectivity index (χ1n) is 7.17. The van der Waals surface area contributed by atoms with Gasteiger partial charge in [-0.3, -0.25) is 14.5 Å². The number of nitrogens with one attached hydrogen (secondary N) is 1. The molecule has 1 fully saturated rings. The highest BCUT2D eigenvalue weighted by molar-refractivity contribution is 8.02. The fraction of sp³-hybridized carbons (Fsp3) is 0.176. The van der Waals surface area contributed by atoms with Gasteiger partial charge in [0, 0.05) is 22.0 Å². The summed E-state index contributed by atoms with van der Waals surface area (Å²) in [6.07, 6.45) is 0. The van der Waals surface area contributed by atoms with Crippen molar-refractivity contribution in [3.05, 3.63) is 58.6 Å². The van der Waals surface area contributed by atoms with Gasteiger partial charge in [-0.1, -0.05) is 29.3 Å². The maximum Gasteiger partial charge on any atom is 0.266 e. The molecule has 0 bridgehead atoms. The van der Waals surface area contributed by atoms with Gasteiger partial charge in [-0.25, -0.2) is 0 Å². The Morgan fingerprint density at radius 2 is 1.91 bits per heavy atom. The number of rotatable bonds is 1. The van der Waals surface area contributed by atoms with Crippen LogP contribution >= 0.6 is 23.4 Å². The molecule has 2 heterocycles. The number of hydrogen-bond donors (Lipinski definition) is 1. The van der Waals surface area contributed by atoms with Gasteiger partial charge in [-0.05, 0) is 37.3 Å². The molecule has 2 aromatic rings. The highest BCUT2D eigenvalue weighted by Gasteiger charge is 2.58. The van der Waals surface area contributed by atoms with Gasteiger partial charge in [0.15, 0.2) is 0 Å². The number of carbonyl (C=O) groups is 2. The number of anilines is 2. The largest absolute Gasteiger partial charge is 0.323 e. The number of thioether (sulfide) groups is 1. The van der Waals surface area contributed by atoms with E-state index in [1.807, 2.05) is 25.1 Å². The van der Waals surface area contributed by atoms with E-state index in [2.05, 4.69) is 5.32 Å². The summed E-state index contributed by atoms with van der Waals surface area (Å²) in [7, 11) is 0. The highest BCUT2D eigenvalue weighted by atomic mass is 35.5. The summed E-state index contributed by atoms with van der Waals surface area (Å²) < 4.78 is 0. The van der Waals surface area contributed by atoms with E-state index in [1.54, 1.807) is 29.2 Å². The van der Waals surface area contributed by atoms with Gasteiger partial charge in [0.25, 0.3) is 5.91 Å². The Bertz CT molecular complexity index is 837. The van der Waals surface area contributed by atoms with Gasteiger partial charge in [-0.15, -0.1) is 11.8 Å². The zero-order chi connectivity index (χ0) is 16.2. The van der Waals surface area contributed by atoms with Crippen molar-refractivity contribution in [3.8, 4) is 0 Å². The van der Waals surface area contributed by atoms with Gasteiger partial charge in [0.2, 0.25) is 10.8 Å². The number of benzene rings is 2. The standard InChI is InChI=1S/C17H13ClN2O2S/c1-10-2-7-14-13(8-10)17(16(22)19-14)20(15(21)9-23-17)12-5-3-11(18)4-6-12/h2-8H,9H2,1H3,(H,19,22)/t17-/m0/s1. The molecular formula is C17H13ClN2O2S. The summed E-state index contributed by atoms with van der Waals surface area (Å²) in [6.45, 7) is 1.98. The first kappa shape index (κ1) is 14.6. The second-order valence-electron chi connectivity index (χ2n) is 5.64. The van der Waals surface area contributed by atoms with E-state index in [9.17, 15) is 9.59 Å². The maximum atomic E-state index is 12.8. The minimum absolute atomic E-state index is 0.0816. The second-order valence-corrected chi connectivity index (χ2v) is 7.25. The van der Waals surface area contributed by atoms with Crippen LogP contribution < -0.4 is 10.2 Å². The van der Waals surface area contributed by atoms with Crippen LogP contribution in [0.25, 0.3) is 0 Å². The molecule has 1 saturated heterocycles. The fourth-order valence-corrected chi connectivity index (χ4v) is 4.56. The minimum Gasteiger partial charge on any atom is -0.323 e. The second kappa shape index (κ2) is 5.01. The molecule has 0 unspecified atom stereocenters. The predicted molar refractivity (Wildman–Crippen MR) is 92.9 cm³/mol. The summed E-state index contributed by atoms with van der Waals surface area (Å²) in [6, 6.07) is 12.8. The Kier molecular flexibility index (Phi) is 3.18. The molecule has 2 aromatic carbocycles. The zero-order valence-corrected chi connectivity index (χ0v) is 13.9. The van der Waals surface area contributed by atoms with E-state index < -0.39 is 4.87 Å². The van der Waals surface area contributed by atoms with Gasteiger partial charge in [0.05, 0.1) is 5.75 Å². The zero-order valence-electron chi connectivity index (χ0n) is 12.3. The van der Waals surface area contributed by atoms with Crippen molar-refractivity contribution in [2.75, 3.05) is 16.0 Å². The molecule has 116 valence electrons. The van der Waals surface area contributed by atoms with Crippen molar-refractivity contribution in [3.63, 3.8) is 0 Å². The van der Waals surface area contributed by atoms with E-state index in [1.165, 1.54) is 11.8 Å². The van der Waals surface area contributed by atoms with Crippen molar-refractivity contribution in [1.82, 2.24) is 0 Å². The minimum atomic E-state index is -1.04. The smallest absolute Gasteiger partial charge is 0.266 e. The molecular weight excluding hydrogens is 332 g/mol. The Morgan fingerprint density at radius 3 is 2.65 bits per heavy atom. The van der Waals surface area contributed by atoms with E-state index in [4.69, 9.17) is 11.6 Å². The van der Waals surface area contributed by atoms with E-state index >= 15 is 0 Å². The van der Waals surface area contributed by atoms with Crippen molar-refractivity contribution >= 4 is 46.6 Å². The third-order valence-electron chi connectivity index (χ3n) is 4.15. The third kappa shape index (κ3) is 2.00. The van der Waals surface area contributed by atoms with Crippen LogP contribution in [0.4, 0.5) is 11.4 Å². The first-order valence-corrected chi connectivity index (χ1v) is 8.54. The maximum absolute atomic E-state index is 12.8. The molecule has 4 rings (SSSR count). The lowest BCUT2D eigenvalue weighted by molar-refractivity contribution is -0.122. The van der Waals surface area contributed by atoms with Gasteiger partial charge in [-0.2, -0.15) is 0 Å². The first-order chi connectivity index (χ1) is 11.0. The quantitative estimate of drug-likeness (QED) is 0.861. The van der Waals surface area contributed by atoms with Gasteiger partial charge >= 0.3 is 0 Å².